The number of nitrogens with one attached hydrogen (secondary N) is 1. The van der Waals surface area contributed by atoms with E-state index >= 15 is 0 Å². The highest BCUT2D eigenvalue weighted by atomic mass is 16.7. The van der Waals surface area contributed by atoms with Crippen molar-refractivity contribution >= 4 is 12.1 Å². The number of carbonyl (C=O) groups excluding carboxylic acids is 1. The molecule has 0 bridgehead atoms. The number of nitrogens with zero attached hydrogens (tertiary/aromatic N) is 1. The predicted octanol–water partition coefficient (Wildman–Crippen LogP) is -1.45. The molecule has 1 fully saturated rings. The number of ether oxygens (including phenoxy) is 2. The molecule has 0 radical (unpaired) electrons. The van der Waals surface area contributed by atoms with Gasteiger partial charge < -0.3 is 46.1 Å². The smallest absolute Gasteiger partial charge is 0.220 e. The first-order chi connectivity index (χ1) is 15.3. The van der Waals surface area contributed by atoms with Gasteiger partial charge in [-0.15, -0.1) is 0 Å². The van der Waals surface area contributed by atoms with Crippen LogP contribution < -0.4 is 11.1 Å². The molecular formula is C21H39N3O8. The summed E-state index contributed by atoms with van der Waals surface area (Å²) in [5, 5.41) is 52.7. The van der Waals surface area contributed by atoms with Gasteiger partial charge in [0, 0.05) is 26.1 Å². The lowest BCUT2D eigenvalue weighted by molar-refractivity contribution is -0.302. The molecule has 0 aliphatic carbocycles. The molecule has 0 spiro atoms. The zero-order valence-electron chi connectivity index (χ0n) is 18.8. The molecule has 1 aliphatic heterocycles. The second-order valence-corrected chi connectivity index (χ2v) is 7.92. The van der Waals surface area contributed by atoms with Gasteiger partial charge in [-0.3, -0.25) is 9.79 Å². The summed E-state index contributed by atoms with van der Waals surface area (Å²) >= 11 is 0. The summed E-state index contributed by atoms with van der Waals surface area (Å²) in [7, 11) is 1.56. The number of rotatable bonds is 14. The molecule has 7 atom stereocenters. The number of unbranched alkanes of at least 4 members (excludes halogenated alkanes) is 3. The summed E-state index contributed by atoms with van der Waals surface area (Å²) in [6.45, 7) is 1.23. The zero-order chi connectivity index (χ0) is 24.1. The number of aliphatic imine (C=N–C) groups is 1. The highest BCUT2D eigenvalue weighted by molar-refractivity contribution is 5.78. The van der Waals surface area contributed by atoms with Crippen LogP contribution in [0.4, 0.5) is 0 Å². The molecule has 186 valence electrons. The number of hydrogen-bond donors (Lipinski definition) is 7. The molecule has 0 saturated carbocycles. The lowest BCUT2D eigenvalue weighted by Crippen LogP contribution is -2.60. The molecule has 1 aliphatic rings. The van der Waals surface area contributed by atoms with Crippen molar-refractivity contribution in [3.8, 4) is 0 Å². The van der Waals surface area contributed by atoms with Gasteiger partial charge in [0.05, 0.1) is 25.4 Å². The Morgan fingerprint density at radius 1 is 1.22 bits per heavy atom. The lowest BCUT2D eigenvalue weighted by Gasteiger charge is -2.40. The van der Waals surface area contributed by atoms with Gasteiger partial charge in [-0.2, -0.15) is 0 Å². The highest BCUT2D eigenvalue weighted by Gasteiger charge is 2.44. The van der Waals surface area contributed by atoms with Gasteiger partial charge in [-0.25, -0.2) is 0 Å². The number of hydrogen-bond acceptors (Lipinski definition) is 10. The second kappa shape index (κ2) is 15.3. The Kier molecular flexibility index (Phi) is 13.6. The minimum absolute atomic E-state index is 0.0899. The fraction of sp³-hybridized carbons (Fsp3) is 0.810. The molecular weight excluding hydrogens is 422 g/mol. The van der Waals surface area contributed by atoms with E-state index in [1.54, 1.807) is 7.05 Å². The summed E-state index contributed by atoms with van der Waals surface area (Å²) < 4.78 is 10.9. The largest absolute Gasteiger partial charge is 0.404 e. The third kappa shape index (κ3) is 9.10. The number of aliphatic hydroxyl groups excluding tert-OH is 5. The van der Waals surface area contributed by atoms with Crippen molar-refractivity contribution in [1.82, 2.24) is 5.32 Å². The standard InChI is InChI=1S/C21H39N3O8/c1-3-4-5-6-7-17(27)24-14(15(26)8-13(9-22)10-23-2)12-31-21-20(30)19(29)18(28)16(11-25)32-21/h9-10,14-16,18-21,25-26,28-30H,3-8,11-12,22H2,1-2H3,(H,24,27)/t14-,15+,16?,18?,19?,20?,21?/m0/s1. The number of carbonyl (C=O) groups is 1. The molecule has 32 heavy (non-hydrogen) atoms. The van der Waals surface area contributed by atoms with Crippen LogP contribution in [0.25, 0.3) is 0 Å². The Bertz CT molecular complexity index is 602. The van der Waals surface area contributed by atoms with E-state index in [9.17, 15) is 30.3 Å². The van der Waals surface area contributed by atoms with Crippen LogP contribution in [0.5, 0.6) is 0 Å². The van der Waals surface area contributed by atoms with E-state index in [2.05, 4.69) is 17.2 Å². The van der Waals surface area contributed by atoms with Gasteiger partial charge in [0.15, 0.2) is 6.29 Å². The molecule has 1 heterocycles. The van der Waals surface area contributed by atoms with Gasteiger partial charge in [-0.05, 0) is 18.2 Å². The quantitative estimate of drug-likeness (QED) is 0.120. The maximum atomic E-state index is 12.4. The Hall–Kier alpha value is -1.60. The van der Waals surface area contributed by atoms with Crippen molar-refractivity contribution in [2.45, 2.75) is 88.3 Å². The summed E-state index contributed by atoms with van der Waals surface area (Å²) in [6, 6.07) is -0.874. The fourth-order valence-corrected chi connectivity index (χ4v) is 3.36. The average Bonchev–Trinajstić information content (AvgIpc) is 2.78. The maximum Gasteiger partial charge on any atom is 0.220 e. The van der Waals surface area contributed by atoms with E-state index < -0.39 is 49.5 Å². The summed E-state index contributed by atoms with van der Waals surface area (Å²) in [5.74, 6) is -0.259. The van der Waals surface area contributed by atoms with Gasteiger partial charge in [0.25, 0.3) is 0 Å². The molecule has 1 rings (SSSR count). The van der Waals surface area contributed by atoms with Crippen LogP contribution in [-0.2, 0) is 14.3 Å². The first-order valence-corrected chi connectivity index (χ1v) is 11.0. The van der Waals surface area contributed by atoms with Crippen molar-refractivity contribution in [3.05, 3.63) is 11.8 Å². The van der Waals surface area contributed by atoms with Crippen molar-refractivity contribution < 1.29 is 39.8 Å². The van der Waals surface area contributed by atoms with Crippen molar-refractivity contribution in [3.63, 3.8) is 0 Å². The normalized spacial score (nSPS) is 28.6. The van der Waals surface area contributed by atoms with Crippen LogP contribution in [0.15, 0.2) is 16.8 Å². The lowest BCUT2D eigenvalue weighted by atomic mass is 9.99. The van der Waals surface area contributed by atoms with Crippen LogP contribution in [0.1, 0.15) is 45.4 Å². The van der Waals surface area contributed by atoms with Gasteiger partial charge in [0.1, 0.15) is 24.4 Å². The Balaban J connectivity index is 2.81. The Morgan fingerprint density at radius 2 is 1.94 bits per heavy atom. The monoisotopic (exact) mass is 461 g/mol. The minimum Gasteiger partial charge on any atom is -0.404 e. The van der Waals surface area contributed by atoms with E-state index in [0.717, 1.165) is 19.3 Å². The molecule has 8 N–H and O–H groups in total. The third-order valence-corrected chi connectivity index (χ3v) is 5.31. The molecule has 1 amide bonds. The Morgan fingerprint density at radius 3 is 2.53 bits per heavy atom. The van der Waals surface area contributed by atoms with Gasteiger partial charge in [-0.1, -0.05) is 26.2 Å². The topological polar surface area (TPSA) is 187 Å². The fourth-order valence-electron chi connectivity index (χ4n) is 3.36. The van der Waals surface area contributed by atoms with E-state index in [1.165, 1.54) is 12.4 Å². The van der Waals surface area contributed by atoms with Crippen LogP contribution in [0, 0.1) is 0 Å². The minimum atomic E-state index is -1.59. The van der Waals surface area contributed by atoms with Crippen molar-refractivity contribution in [1.29, 1.82) is 0 Å². The van der Waals surface area contributed by atoms with Crippen LogP contribution in [0.3, 0.4) is 0 Å². The number of aliphatic hydroxyl groups is 5. The summed E-state index contributed by atoms with van der Waals surface area (Å²) in [4.78, 5) is 16.3. The number of nitrogens with two attached hydrogens (primary N) is 1. The van der Waals surface area contributed by atoms with Gasteiger partial charge >= 0.3 is 0 Å². The van der Waals surface area contributed by atoms with Crippen LogP contribution >= 0.6 is 0 Å². The van der Waals surface area contributed by atoms with E-state index in [1.807, 2.05) is 0 Å². The van der Waals surface area contributed by atoms with E-state index in [-0.39, 0.29) is 18.9 Å². The molecule has 11 nitrogen and oxygen atoms in total. The first kappa shape index (κ1) is 28.4. The molecule has 0 aromatic rings. The molecule has 0 aromatic heterocycles. The maximum absolute atomic E-state index is 12.4. The molecule has 0 aromatic carbocycles. The Labute approximate surface area is 188 Å². The van der Waals surface area contributed by atoms with E-state index in [0.29, 0.717) is 18.4 Å². The number of amides is 1. The van der Waals surface area contributed by atoms with Crippen LogP contribution in [0.2, 0.25) is 0 Å². The molecule has 5 unspecified atom stereocenters. The first-order valence-electron chi connectivity index (χ1n) is 11.0. The summed E-state index contributed by atoms with van der Waals surface area (Å²) in [6.07, 6.45) is -1.38. The van der Waals surface area contributed by atoms with Crippen molar-refractivity contribution in [2.75, 3.05) is 20.3 Å². The molecule has 11 heteroatoms. The third-order valence-electron chi connectivity index (χ3n) is 5.31. The van der Waals surface area contributed by atoms with E-state index in [4.69, 9.17) is 15.2 Å². The van der Waals surface area contributed by atoms with Gasteiger partial charge in [0.2, 0.25) is 5.91 Å². The zero-order valence-corrected chi connectivity index (χ0v) is 18.8. The second-order valence-electron chi connectivity index (χ2n) is 7.92. The van der Waals surface area contributed by atoms with Crippen molar-refractivity contribution in [2.24, 2.45) is 10.7 Å². The molecule has 1 saturated heterocycles. The predicted molar refractivity (Wildman–Crippen MR) is 118 cm³/mol. The summed E-state index contributed by atoms with van der Waals surface area (Å²) in [5.41, 5.74) is 6.11. The van der Waals surface area contributed by atoms with Crippen LogP contribution in [-0.4, -0.2) is 101 Å². The SMILES string of the molecule is CCCCCCC(=O)N[C@@H](COC1OC(CO)C(O)C(O)C1O)[C@H](O)CC(C=NC)=CN. The highest BCUT2D eigenvalue weighted by Crippen LogP contribution is 2.22. The average molecular weight is 462 g/mol.